The van der Waals surface area contributed by atoms with Gasteiger partial charge < -0.3 is 45.0 Å². The molecule has 1 unspecified atom stereocenters. The van der Waals surface area contributed by atoms with Crippen molar-refractivity contribution in [1.29, 1.82) is 0 Å². The SMILES string of the molecule is C[C@@]1(O)[C@H](O)[C@@H](COP(=O)(O)OP(=O)(O)O)O[C@H]1n1cc(C#CNC(=O)O)c2c(N)ncnc21. The van der Waals surface area contributed by atoms with Crippen LogP contribution in [0.25, 0.3) is 11.0 Å². The number of rotatable bonds is 6. The fourth-order valence-electron chi connectivity index (χ4n) is 3.24. The summed E-state index contributed by atoms with van der Waals surface area (Å²) >= 11 is 0. The molecule has 3 heterocycles. The molecule has 0 aliphatic carbocycles. The van der Waals surface area contributed by atoms with Gasteiger partial charge in [0.05, 0.1) is 17.6 Å². The Morgan fingerprint density at radius 1 is 1.38 bits per heavy atom. The second kappa shape index (κ2) is 9.21. The number of nitrogens with two attached hydrogens (primary N) is 1. The van der Waals surface area contributed by atoms with Gasteiger partial charge >= 0.3 is 21.7 Å². The minimum Gasteiger partial charge on any atom is -0.464 e. The molecule has 1 fully saturated rings. The quantitative estimate of drug-likeness (QED) is 0.126. The van der Waals surface area contributed by atoms with Gasteiger partial charge in [0.15, 0.2) is 6.23 Å². The molecule has 0 aromatic carbocycles. The van der Waals surface area contributed by atoms with Crippen molar-refractivity contribution in [3.05, 3.63) is 18.1 Å². The zero-order valence-corrected chi connectivity index (χ0v) is 18.8. The summed E-state index contributed by atoms with van der Waals surface area (Å²) in [6, 6.07) is 2.19. The van der Waals surface area contributed by atoms with Gasteiger partial charge in [-0.3, -0.25) is 4.52 Å². The molecule has 17 nitrogen and oxygen atoms in total. The first-order chi connectivity index (χ1) is 15.6. The van der Waals surface area contributed by atoms with Crippen molar-refractivity contribution >= 4 is 38.6 Å². The van der Waals surface area contributed by atoms with Crippen LogP contribution in [0, 0.1) is 12.0 Å². The van der Waals surface area contributed by atoms with Gasteiger partial charge in [-0.25, -0.2) is 29.2 Å². The largest absolute Gasteiger partial charge is 0.481 e. The summed E-state index contributed by atoms with van der Waals surface area (Å²) in [6.45, 7) is 0.272. The molecule has 2 aromatic rings. The number of phosphoric ester groups is 1. The number of aliphatic hydroxyl groups is 2. The number of nitrogen functional groups attached to an aromatic ring is 1. The smallest absolute Gasteiger partial charge is 0.464 e. The zero-order chi connectivity index (χ0) is 25.5. The molecule has 0 saturated carbocycles. The molecule has 186 valence electrons. The van der Waals surface area contributed by atoms with E-state index in [1.54, 1.807) is 0 Å². The molecule has 1 aliphatic heterocycles. The molecule has 1 aliphatic rings. The van der Waals surface area contributed by atoms with Crippen molar-refractivity contribution in [2.24, 2.45) is 0 Å². The van der Waals surface area contributed by atoms with Crippen LogP contribution in [0.15, 0.2) is 12.5 Å². The molecule has 2 aromatic heterocycles. The Bertz CT molecular complexity index is 1260. The fourth-order valence-corrected chi connectivity index (χ4v) is 4.84. The summed E-state index contributed by atoms with van der Waals surface area (Å²) in [6.07, 6.45) is -3.61. The lowest BCUT2D eigenvalue weighted by Gasteiger charge is -2.27. The number of amides is 1. The Balaban J connectivity index is 1.93. The molecule has 9 N–H and O–H groups in total. The van der Waals surface area contributed by atoms with E-state index in [-0.39, 0.29) is 22.4 Å². The Labute approximate surface area is 190 Å². The number of carbonyl (C=O) groups is 1. The average molecular weight is 523 g/mol. The van der Waals surface area contributed by atoms with Crippen LogP contribution < -0.4 is 11.1 Å². The van der Waals surface area contributed by atoms with E-state index in [0.717, 1.165) is 6.33 Å². The first kappa shape index (κ1) is 26.0. The number of aromatic nitrogens is 3. The molecule has 0 bridgehead atoms. The number of carboxylic acid groups (broad SMARTS) is 1. The maximum Gasteiger partial charge on any atom is 0.481 e. The van der Waals surface area contributed by atoms with E-state index in [1.807, 2.05) is 5.32 Å². The second-order valence-electron chi connectivity index (χ2n) is 7.12. The predicted octanol–water partition coefficient (Wildman–Crippen LogP) is -1.17. The van der Waals surface area contributed by atoms with Gasteiger partial charge in [-0.15, -0.1) is 0 Å². The molecular formula is C15H19N5O12P2. The van der Waals surface area contributed by atoms with Crippen LogP contribution in [0.2, 0.25) is 0 Å². The minimum absolute atomic E-state index is 0.0303. The number of aliphatic hydroxyl groups excluding tert-OH is 1. The van der Waals surface area contributed by atoms with Gasteiger partial charge in [0, 0.05) is 12.2 Å². The Hall–Kier alpha value is -2.61. The van der Waals surface area contributed by atoms with E-state index in [9.17, 15) is 29.0 Å². The summed E-state index contributed by atoms with van der Waals surface area (Å²) in [5, 5.41) is 32.1. The molecule has 1 saturated heterocycles. The van der Waals surface area contributed by atoms with Gasteiger partial charge in [0.1, 0.15) is 35.6 Å². The molecular weight excluding hydrogens is 504 g/mol. The number of nitrogens with zero attached hydrogens (tertiary/aromatic N) is 3. The molecule has 5 atom stereocenters. The van der Waals surface area contributed by atoms with E-state index in [2.05, 4.69) is 30.8 Å². The first-order valence-corrected chi connectivity index (χ1v) is 12.1. The highest BCUT2D eigenvalue weighted by molar-refractivity contribution is 7.60. The van der Waals surface area contributed by atoms with Gasteiger partial charge in [0.25, 0.3) is 0 Å². The Morgan fingerprint density at radius 3 is 2.68 bits per heavy atom. The zero-order valence-electron chi connectivity index (χ0n) is 17.0. The number of hydrogen-bond donors (Lipinski definition) is 8. The molecule has 0 spiro atoms. The number of fused-ring (bicyclic) bond motifs is 1. The first-order valence-electron chi connectivity index (χ1n) is 9.03. The lowest BCUT2D eigenvalue weighted by Crippen LogP contribution is -2.44. The van der Waals surface area contributed by atoms with E-state index in [0.29, 0.717) is 0 Å². The second-order valence-corrected chi connectivity index (χ2v) is 9.95. The Kier molecular flexibility index (Phi) is 7.04. The molecule has 1 amide bonds. The highest BCUT2D eigenvalue weighted by Gasteiger charge is 2.54. The summed E-state index contributed by atoms with van der Waals surface area (Å²) in [4.78, 5) is 45.3. The van der Waals surface area contributed by atoms with Gasteiger partial charge in [0.2, 0.25) is 0 Å². The topological polar surface area (TPSA) is 269 Å². The van der Waals surface area contributed by atoms with Crippen LogP contribution in [-0.4, -0.2) is 75.0 Å². The van der Waals surface area contributed by atoms with E-state index >= 15 is 0 Å². The van der Waals surface area contributed by atoms with E-state index in [4.69, 9.17) is 25.4 Å². The van der Waals surface area contributed by atoms with Gasteiger partial charge in [-0.2, -0.15) is 4.31 Å². The Morgan fingerprint density at radius 2 is 2.06 bits per heavy atom. The van der Waals surface area contributed by atoms with Crippen molar-refractivity contribution in [2.75, 3.05) is 12.3 Å². The standard InChI is InChI=1S/C15H19N5O12P2/c1-15(24)10(21)8(5-30-34(28,29)32-33(25,26)27)31-13(15)20-4-7(2-3-17-14(22)23)9-11(16)18-6-19-12(9)20/h4,6,8,10,13,17,21,24H,5H2,1H3,(H,22,23)(H,28,29)(H2,16,18,19)(H2,25,26,27)/t8-,10-,13-,15-/m1/s1. The molecule has 3 rings (SSSR count). The summed E-state index contributed by atoms with van der Waals surface area (Å²) in [7, 11) is -10.6. The number of hydrogen-bond acceptors (Lipinski definition) is 11. The maximum absolute atomic E-state index is 11.7. The average Bonchev–Trinajstić information content (AvgIpc) is 3.14. The van der Waals surface area contributed by atoms with Gasteiger partial charge in [-0.05, 0) is 12.8 Å². The van der Waals surface area contributed by atoms with Crippen LogP contribution in [0.5, 0.6) is 0 Å². The summed E-state index contributed by atoms with van der Waals surface area (Å²) in [5.74, 6) is 2.48. The van der Waals surface area contributed by atoms with Crippen molar-refractivity contribution in [3.8, 4) is 12.0 Å². The van der Waals surface area contributed by atoms with Crippen molar-refractivity contribution in [3.63, 3.8) is 0 Å². The number of phosphoric acid groups is 2. The van der Waals surface area contributed by atoms with Crippen LogP contribution in [0.3, 0.4) is 0 Å². The maximum atomic E-state index is 11.7. The normalized spacial score (nSPS) is 26.6. The van der Waals surface area contributed by atoms with Crippen molar-refractivity contribution < 1.29 is 57.5 Å². The molecule has 19 heteroatoms. The van der Waals surface area contributed by atoms with Gasteiger partial charge in [-0.1, -0.05) is 0 Å². The lowest BCUT2D eigenvalue weighted by atomic mass is 9.96. The van der Waals surface area contributed by atoms with Crippen molar-refractivity contribution in [1.82, 2.24) is 19.9 Å². The lowest BCUT2D eigenvalue weighted by molar-refractivity contribution is -0.0947. The number of anilines is 1. The number of ether oxygens (including phenoxy) is 1. The fraction of sp³-hybridized carbons (Fsp3) is 0.400. The van der Waals surface area contributed by atoms with Crippen molar-refractivity contribution in [2.45, 2.75) is 31.0 Å². The highest BCUT2D eigenvalue weighted by atomic mass is 31.3. The third-order valence-corrected chi connectivity index (χ3v) is 6.78. The van der Waals surface area contributed by atoms with E-state index < -0.39 is 52.4 Å². The summed E-state index contributed by atoms with van der Waals surface area (Å²) < 4.78 is 37.5. The van der Waals surface area contributed by atoms with Crippen LogP contribution >= 0.6 is 15.6 Å². The third-order valence-electron chi connectivity index (χ3n) is 4.62. The minimum atomic E-state index is -5.37. The number of nitrogens with one attached hydrogen (secondary N) is 1. The summed E-state index contributed by atoms with van der Waals surface area (Å²) in [5.41, 5.74) is 4.06. The van der Waals surface area contributed by atoms with Crippen LogP contribution in [-0.2, 0) is 22.7 Å². The molecule has 34 heavy (non-hydrogen) atoms. The van der Waals surface area contributed by atoms with Crippen LogP contribution in [0.4, 0.5) is 10.6 Å². The predicted molar refractivity (Wildman–Crippen MR) is 109 cm³/mol. The monoisotopic (exact) mass is 523 g/mol. The molecule has 0 radical (unpaired) electrons. The van der Waals surface area contributed by atoms with Crippen LogP contribution in [0.1, 0.15) is 18.7 Å². The third kappa shape index (κ3) is 5.54. The van der Waals surface area contributed by atoms with E-state index in [1.165, 1.54) is 17.7 Å². The highest BCUT2D eigenvalue weighted by Crippen LogP contribution is 2.58.